The molecule has 3 aromatic heterocycles. The van der Waals surface area contributed by atoms with Gasteiger partial charge in [-0.2, -0.15) is 0 Å². The second-order valence-electron chi connectivity index (χ2n) is 12.2. The number of carbonyl (C=O) groups excluding carboxylic acids is 1. The summed E-state index contributed by atoms with van der Waals surface area (Å²) in [7, 11) is 2.29. The highest BCUT2D eigenvalue weighted by Crippen LogP contribution is 2.43. The van der Waals surface area contributed by atoms with E-state index in [-0.39, 0.29) is 5.91 Å². The van der Waals surface area contributed by atoms with Crippen molar-refractivity contribution in [2.75, 3.05) is 23.0 Å². The summed E-state index contributed by atoms with van der Waals surface area (Å²) >= 11 is 0. The zero-order valence-corrected chi connectivity index (χ0v) is 25.3. The summed E-state index contributed by atoms with van der Waals surface area (Å²) in [4.78, 5) is 29.0. The Morgan fingerprint density at radius 1 is 0.773 bits per heavy atom. The van der Waals surface area contributed by atoms with Crippen LogP contribution in [0.15, 0.2) is 85.2 Å². The standard InChI is InChI=1S/C36H37N7O/c1-22-16-28(14-15-37-22)40-26-5-7-27(8-6-26)42-36(44)34-13-9-29(21-38-34)41-35-17-23(2)39-33-12-4-24(20-32(33)35)25-18-30-10-11-31(19-25)43(30)3/h4-9,12-17,20-21,25,30-31H,10-11,18-19H2,1-3H3,(H,37,40)(H,39,41)(H,42,44)/t25?,30-,31?/m0/s1. The van der Waals surface area contributed by atoms with Crippen molar-refractivity contribution < 1.29 is 4.79 Å². The van der Waals surface area contributed by atoms with Crippen molar-refractivity contribution in [3.8, 4) is 0 Å². The van der Waals surface area contributed by atoms with Crippen LogP contribution in [0.2, 0.25) is 0 Å². The quantitative estimate of drug-likeness (QED) is 0.181. The van der Waals surface area contributed by atoms with Gasteiger partial charge in [-0.1, -0.05) is 6.07 Å². The number of nitrogens with one attached hydrogen (secondary N) is 3. The number of nitrogens with zero attached hydrogens (tertiary/aromatic N) is 4. The van der Waals surface area contributed by atoms with Gasteiger partial charge in [0.25, 0.3) is 5.91 Å². The molecular formula is C36H37N7O. The Bertz CT molecular complexity index is 1810. The number of aryl methyl sites for hydroxylation is 2. The van der Waals surface area contributed by atoms with E-state index in [1.54, 1.807) is 18.5 Å². The van der Waals surface area contributed by atoms with E-state index < -0.39 is 0 Å². The predicted octanol–water partition coefficient (Wildman–Crippen LogP) is 7.72. The molecule has 2 aliphatic heterocycles. The van der Waals surface area contributed by atoms with Crippen molar-refractivity contribution in [2.24, 2.45) is 0 Å². The van der Waals surface area contributed by atoms with Crippen molar-refractivity contribution >= 4 is 45.2 Å². The molecule has 3 N–H and O–H groups in total. The molecule has 0 spiro atoms. The van der Waals surface area contributed by atoms with E-state index in [0.29, 0.717) is 29.4 Å². The Hall–Kier alpha value is -4.82. The van der Waals surface area contributed by atoms with Gasteiger partial charge in [0.2, 0.25) is 0 Å². The van der Waals surface area contributed by atoms with Gasteiger partial charge in [0.05, 0.1) is 17.4 Å². The van der Waals surface area contributed by atoms with E-state index in [4.69, 9.17) is 4.98 Å². The van der Waals surface area contributed by atoms with Crippen LogP contribution in [0, 0.1) is 13.8 Å². The number of carbonyl (C=O) groups is 1. The van der Waals surface area contributed by atoms with Crippen molar-refractivity contribution in [3.05, 3.63) is 108 Å². The lowest BCUT2D eigenvalue weighted by Crippen LogP contribution is -2.39. The zero-order chi connectivity index (χ0) is 30.2. The lowest BCUT2D eigenvalue weighted by Gasteiger charge is -2.36. The van der Waals surface area contributed by atoms with Crippen molar-refractivity contribution in [1.82, 2.24) is 19.9 Å². The van der Waals surface area contributed by atoms with Crippen LogP contribution >= 0.6 is 0 Å². The highest BCUT2D eigenvalue weighted by molar-refractivity contribution is 6.03. The molecule has 44 heavy (non-hydrogen) atoms. The molecule has 0 saturated carbocycles. The number of anilines is 5. The van der Waals surface area contributed by atoms with E-state index >= 15 is 0 Å². The fourth-order valence-corrected chi connectivity index (χ4v) is 6.80. The van der Waals surface area contributed by atoms with Crippen LogP contribution < -0.4 is 16.0 Å². The molecule has 0 aliphatic carbocycles. The van der Waals surface area contributed by atoms with Crippen LogP contribution in [0.5, 0.6) is 0 Å². The first-order chi connectivity index (χ1) is 21.4. The van der Waals surface area contributed by atoms with E-state index in [0.717, 1.165) is 45.0 Å². The van der Waals surface area contributed by atoms with Crippen LogP contribution in [0.1, 0.15) is 59.0 Å². The topological polar surface area (TPSA) is 95.1 Å². The number of hydrogen-bond acceptors (Lipinski definition) is 7. The van der Waals surface area contributed by atoms with Crippen LogP contribution in [-0.2, 0) is 0 Å². The SMILES string of the molecule is Cc1cc(Nc2ccc(NC(=O)c3ccc(Nc4cc(C)nc5ccc(C6CC7CC[C@@H](C6)N7C)cc45)cn3)cc2)ccn1. The van der Waals surface area contributed by atoms with Crippen LogP contribution in [0.25, 0.3) is 10.9 Å². The number of amides is 1. The first kappa shape index (κ1) is 28.0. The van der Waals surface area contributed by atoms with Crippen LogP contribution in [0.4, 0.5) is 28.4 Å². The second kappa shape index (κ2) is 11.7. The minimum Gasteiger partial charge on any atom is -0.355 e. The smallest absolute Gasteiger partial charge is 0.274 e. The van der Waals surface area contributed by atoms with Gasteiger partial charge in [-0.3, -0.25) is 14.8 Å². The minimum atomic E-state index is -0.260. The van der Waals surface area contributed by atoms with E-state index in [2.05, 4.69) is 62.1 Å². The number of pyridine rings is 3. The number of piperidine rings is 1. The largest absolute Gasteiger partial charge is 0.355 e. The fourth-order valence-electron chi connectivity index (χ4n) is 6.80. The maximum Gasteiger partial charge on any atom is 0.274 e. The Kier molecular flexibility index (Phi) is 7.44. The molecule has 2 aromatic carbocycles. The molecule has 5 aromatic rings. The summed E-state index contributed by atoms with van der Waals surface area (Å²) in [6, 6.07) is 25.4. The molecule has 2 unspecified atom stereocenters. The van der Waals surface area contributed by atoms with E-state index in [9.17, 15) is 4.79 Å². The molecule has 3 atom stereocenters. The molecule has 1 amide bonds. The monoisotopic (exact) mass is 583 g/mol. The summed E-state index contributed by atoms with van der Waals surface area (Å²) in [6.07, 6.45) is 8.56. The first-order valence-electron chi connectivity index (χ1n) is 15.4. The molecule has 8 nitrogen and oxygen atoms in total. The number of hydrogen-bond donors (Lipinski definition) is 3. The summed E-state index contributed by atoms with van der Waals surface area (Å²) in [5.74, 6) is 0.323. The molecule has 2 bridgehead atoms. The highest BCUT2D eigenvalue weighted by atomic mass is 16.1. The first-order valence-corrected chi connectivity index (χ1v) is 15.4. The lowest BCUT2D eigenvalue weighted by atomic mass is 9.85. The van der Waals surface area contributed by atoms with Crippen molar-refractivity contribution in [3.63, 3.8) is 0 Å². The van der Waals surface area contributed by atoms with Gasteiger partial charge in [-0.15, -0.1) is 0 Å². The average Bonchev–Trinajstić information content (AvgIpc) is 3.21. The molecule has 2 saturated heterocycles. The third-order valence-electron chi connectivity index (χ3n) is 9.13. The summed E-state index contributed by atoms with van der Waals surface area (Å²) in [6.45, 7) is 3.97. The summed E-state index contributed by atoms with van der Waals surface area (Å²) < 4.78 is 0. The molecule has 7 rings (SSSR count). The van der Waals surface area contributed by atoms with Gasteiger partial charge in [-0.25, -0.2) is 4.98 Å². The van der Waals surface area contributed by atoms with Gasteiger partial charge in [0.1, 0.15) is 5.69 Å². The fraction of sp³-hybridized carbons (Fsp3) is 0.278. The van der Waals surface area contributed by atoms with Crippen molar-refractivity contribution in [1.29, 1.82) is 0 Å². The van der Waals surface area contributed by atoms with Gasteiger partial charge in [0.15, 0.2) is 0 Å². The lowest BCUT2D eigenvalue weighted by molar-refractivity contribution is 0.102. The number of fused-ring (bicyclic) bond motifs is 3. The van der Waals surface area contributed by atoms with Gasteiger partial charge in [0, 0.05) is 57.8 Å². The normalized spacial score (nSPS) is 19.6. The molecule has 222 valence electrons. The molecule has 0 radical (unpaired) electrons. The Balaban J connectivity index is 1.03. The van der Waals surface area contributed by atoms with Gasteiger partial charge in [-0.05, 0) is 125 Å². The number of benzene rings is 2. The minimum absolute atomic E-state index is 0.260. The third kappa shape index (κ3) is 5.85. The molecule has 8 heteroatoms. The second-order valence-corrected chi connectivity index (χ2v) is 12.2. The summed E-state index contributed by atoms with van der Waals surface area (Å²) in [5.41, 5.74) is 9.02. The molecule has 5 heterocycles. The predicted molar refractivity (Wildman–Crippen MR) is 177 cm³/mol. The Morgan fingerprint density at radius 3 is 2.25 bits per heavy atom. The Morgan fingerprint density at radius 2 is 1.52 bits per heavy atom. The molecular weight excluding hydrogens is 546 g/mol. The summed E-state index contributed by atoms with van der Waals surface area (Å²) in [5, 5.41) is 10.9. The third-order valence-corrected chi connectivity index (χ3v) is 9.13. The van der Waals surface area contributed by atoms with Gasteiger partial charge >= 0.3 is 0 Å². The van der Waals surface area contributed by atoms with Gasteiger partial charge < -0.3 is 20.9 Å². The van der Waals surface area contributed by atoms with Crippen molar-refractivity contribution in [2.45, 2.75) is 57.5 Å². The highest BCUT2D eigenvalue weighted by Gasteiger charge is 2.38. The number of aromatic nitrogens is 3. The maximum absolute atomic E-state index is 12.9. The zero-order valence-electron chi connectivity index (χ0n) is 25.3. The molecule has 2 fully saturated rings. The Labute approximate surface area is 258 Å². The maximum atomic E-state index is 12.9. The van der Waals surface area contributed by atoms with E-state index in [1.807, 2.05) is 56.3 Å². The molecule has 2 aliphatic rings. The van der Waals surface area contributed by atoms with Crippen LogP contribution in [-0.4, -0.2) is 44.9 Å². The average molecular weight is 584 g/mol. The van der Waals surface area contributed by atoms with Crippen LogP contribution in [0.3, 0.4) is 0 Å². The van der Waals surface area contributed by atoms with E-state index in [1.165, 1.54) is 31.2 Å². The number of rotatable bonds is 7.